The van der Waals surface area contributed by atoms with Gasteiger partial charge in [-0.1, -0.05) is 24.3 Å². The number of nitrogens with one attached hydrogen (secondary N) is 3. The maximum Gasteiger partial charge on any atom is 0.407 e. The molecule has 0 saturated carbocycles. The third-order valence-corrected chi connectivity index (χ3v) is 4.47. The predicted octanol–water partition coefficient (Wildman–Crippen LogP) is 4.08. The fourth-order valence-electron chi connectivity index (χ4n) is 3.32. The maximum atomic E-state index is 12.9. The van der Waals surface area contributed by atoms with Gasteiger partial charge in [-0.15, -0.1) is 0 Å². The van der Waals surface area contributed by atoms with Crippen LogP contribution in [0.1, 0.15) is 23.6 Å². The molecular weight excluding hydrogens is 354 g/mol. The van der Waals surface area contributed by atoms with Gasteiger partial charge in [0, 0.05) is 29.2 Å². The second kappa shape index (κ2) is 8.61. The molecule has 1 atom stereocenters. The van der Waals surface area contributed by atoms with Crippen molar-refractivity contribution in [3.8, 4) is 0 Å². The number of H-pyrrole nitrogens is 1. The Morgan fingerprint density at radius 2 is 1.82 bits per heavy atom. The lowest BCUT2D eigenvalue weighted by molar-refractivity contribution is -0.118. The number of carbonyl (C=O) groups is 2. The van der Waals surface area contributed by atoms with Gasteiger partial charge in [0.15, 0.2) is 0 Å². The summed E-state index contributed by atoms with van der Waals surface area (Å²) in [7, 11) is 0. The largest absolute Gasteiger partial charge is 0.450 e. The number of ether oxygens (including phenoxy) is 1. The highest BCUT2D eigenvalue weighted by Crippen LogP contribution is 2.20. The van der Waals surface area contributed by atoms with Crippen molar-refractivity contribution >= 4 is 28.6 Å². The van der Waals surface area contributed by atoms with E-state index in [0.29, 0.717) is 12.1 Å². The van der Waals surface area contributed by atoms with Crippen molar-refractivity contribution in [3.63, 3.8) is 0 Å². The normalized spacial score (nSPS) is 11.8. The smallest absolute Gasteiger partial charge is 0.407 e. The monoisotopic (exact) mass is 379 g/mol. The molecule has 146 valence electrons. The summed E-state index contributed by atoms with van der Waals surface area (Å²) in [6.45, 7) is 5.92. The predicted molar refractivity (Wildman–Crippen MR) is 110 cm³/mol. The highest BCUT2D eigenvalue weighted by Gasteiger charge is 2.23. The van der Waals surface area contributed by atoms with E-state index in [1.165, 1.54) is 0 Å². The van der Waals surface area contributed by atoms with Crippen molar-refractivity contribution in [1.29, 1.82) is 0 Å². The number of aromatic amines is 1. The molecule has 6 nitrogen and oxygen atoms in total. The fraction of sp³-hybridized carbons (Fsp3) is 0.273. The molecule has 6 heteroatoms. The van der Waals surface area contributed by atoms with E-state index in [2.05, 4.69) is 15.6 Å². The number of carbonyl (C=O) groups excluding carboxylic acids is 2. The lowest BCUT2D eigenvalue weighted by Gasteiger charge is -2.18. The summed E-state index contributed by atoms with van der Waals surface area (Å²) in [5, 5.41) is 6.62. The number of para-hydroxylation sites is 1. The average molecular weight is 379 g/mol. The number of alkyl carbamates (subject to hydrolysis) is 1. The summed E-state index contributed by atoms with van der Waals surface area (Å²) >= 11 is 0. The molecule has 3 N–H and O–H groups in total. The van der Waals surface area contributed by atoms with Crippen molar-refractivity contribution < 1.29 is 14.3 Å². The molecule has 1 aromatic heterocycles. The summed E-state index contributed by atoms with van der Waals surface area (Å²) in [6.07, 6.45) is 1.61. The zero-order valence-electron chi connectivity index (χ0n) is 16.3. The number of anilines is 1. The molecule has 0 aliphatic rings. The highest BCUT2D eigenvalue weighted by atomic mass is 16.5. The first-order chi connectivity index (χ1) is 13.5. The van der Waals surface area contributed by atoms with Crippen LogP contribution in [-0.2, 0) is 16.0 Å². The number of aromatic nitrogens is 1. The fourth-order valence-corrected chi connectivity index (χ4v) is 3.32. The lowest BCUT2D eigenvalue weighted by atomic mass is 10.0. The van der Waals surface area contributed by atoms with Crippen LogP contribution >= 0.6 is 0 Å². The van der Waals surface area contributed by atoms with E-state index in [0.717, 1.165) is 27.6 Å². The number of amides is 2. The Morgan fingerprint density at radius 3 is 2.54 bits per heavy atom. The van der Waals surface area contributed by atoms with Crippen molar-refractivity contribution in [3.05, 3.63) is 65.4 Å². The molecule has 0 bridgehead atoms. The van der Waals surface area contributed by atoms with E-state index in [1.807, 2.05) is 62.5 Å². The minimum atomic E-state index is -0.765. The molecule has 0 aliphatic heterocycles. The first-order valence-corrected chi connectivity index (χ1v) is 9.33. The molecule has 2 aromatic carbocycles. The van der Waals surface area contributed by atoms with Crippen molar-refractivity contribution in [2.75, 3.05) is 11.9 Å². The van der Waals surface area contributed by atoms with Gasteiger partial charge >= 0.3 is 6.09 Å². The molecule has 28 heavy (non-hydrogen) atoms. The van der Waals surface area contributed by atoms with Crippen LogP contribution in [0.25, 0.3) is 10.9 Å². The molecule has 3 rings (SSSR count). The maximum absolute atomic E-state index is 12.9. The molecule has 0 saturated heterocycles. The second-order valence-electron chi connectivity index (χ2n) is 6.85. The zero-order chi connectivity index (χ0) is 20.1. The summed E-state index contributed by atoms with van der Waals surface area (Å²) in [4.78, 5) is 28.1. The van der Waals surface area contributed by atoms with Gasteiger partial charge in [-0.2, -0.15) is 0 Å². The van der Waals surface area contributed by atoms with Gasteiger partial charge < -0.3 is 20.4 Å². The minimum absolute atomic E-state index is 0.240. The third kappa shape index (κ3) is 4.71. The quantitative estimate of drug-likeness (QED) is 0.603. The molecule has 0 radical (unpaired) electrons. The number of benzene rings is 2. The lowest BCUT2D eigenvalue weighted by Crippen LogP contribution is -2.45. The number of hydrogen-bond acceptors (Lipinski definition) is 3. The number of aryl methyl sites for hydroxylation is 2. The van der Waals surface area contributed by atoms with E-state index in [1.54, 1.807) is 6.92 Å². The van der Waals surface area contributed by atoms with Crippen LogP contribution in [0.2, 0.25) is 0 Å². The van der Waals surface area contributed by atoms with Crippen LogP contribution in [0.3, 0.4) is 0 Å². The van der Waals surface area contributed by atoms with E-state index in [9.17, 15) is 9.59 Å². The Hall–Kier alpha value is -3.28. The first-order valence-electron chi connectivity index (χ1n) is 9.33. The Kier molecular flexibility index (Phi) is 5.99. The molecule has 0 aliphatic carbocycles. The molecule has 3 aromatic rings. The third-order valence-electron chi connectivity index (χ3n) is 4.47. The van der Waals surface area contributed by atoms with Crippen LogP contribution in [0.4, 0.5) is 10.5 Å². The van der Waals surface area contributed by atoms with E-state index in [-0.39, 0.29) is 12.5 Å². The van der Waals surface area contributed by atoms with Crippen LogP contribution in [0, 0.1) is 13.8 Å². The van der Waals surface area contributed by atoms with Crippen molar-refractivity contribution in [2.24, 2.45) is 0 Å². The van der Waals surface area contributed by atoms with Gasteiger partial charge in [-0.05, 0) is 55.7 Å². The molecule has 0 spiro atoms. The van der Waals surface area contributed by atoms with Crippen LogP contribution in [-0.4, -0.2) is 29.6 Å². The van der Waals surface area contributed by atoms with E-state index < -0.39 is 12.1 Å². The molecule has 0 unspecified atom stereocenters. The van der Waals surface area contributed by atoms with Crippen LogP contribution in [0.5, 0.6) is 0 Å². The van der Waals surface area contributed by atoms with Crippen molar-refractivity contribution in [1.82, 2.24) is 10.3 Å². The second-order valence-corrected chi connectivity index (χ2v) is 6.85. The van der Waals surface area contributed by atoms with Crippen LogP contribution in [0.15, 0.2) is 48.7 Å². The molecular formula is C22H25N3O3. The van der Waals surface area contributed by atoms with Gasteiger partial charge in [-0.25, -0.2) is 4.79 Å². The molecule has 0 fully saturated rings. The van der Waals surface area contributed by atoms with Gasteiger partial charge in [0.1, 0.15) is 6.04 Å². The standard InChI is InChI=1S/C22H25N3O3/c1-4-28-22(27)25-20(12-16-13-23-19-8-6-5-7-18(16)19)21(26)24-17-10-14(2)9-15(3)11-17/h5-11,13,20,23H,4,12H2,1-3H3,(H,24,26)(H,25,27)/t20-/m0/s1. The minimum Gasteiger partial charge on any atom is -0.450 e. The Balaban J connectivity index is 1.83. The Labute approximate surface area is 164 Å². The van der Waals surface area contributed by atoms with E-state index in [4.69, 9.17) is 4.74 Å². The summed E-state index contributed by atoms with van der Waals surface area (Å²) in [5.74, 6) is -0.289. The summed E-state index contributed by atoms with van der Waals surface area (Å²) < 4.78 is 4.98. The van der Waals surface area contributed by atoms with E-state index >= 15 is 0 Å². The number of fused-ring (bicyclic) bond motifs is 1. The highest BCUT2D eigenvalue weighted by molar-refractivity contribution is 5.97. The molecule has 1 heterocycles. The average Bonchev–Trinajstić information content (AvgIpc) is 3.03. The van der Waals surface area contributed by atoms with Gasteiger partial charge in [0.05, 0.1) is 6.61 Å². The zero-order valence-corrected chi connectivity index (χ0v) is 16.3. The Bertz CT molecular complexity index is 973. The SMILES string of the molecule is CCOC(=O)N[C@@H](Cc1c[nH]c2ccccc12)C(=O)Nc1cc(C)cc(C)c1. The van der Waals surface area contributed by atoms with Crippen molar-refractivity contribution in [2.45, 2.75) is 33.2 Å². The Morgan fingerprint density at radius 1 is 1.11 bits per heavy atom. The summed E-state index contributed by atoms with van der Waals surface area (Å²) in [5.41, 5.74) is 4.76. The topological polar surface area (TPSA) is 83.2 Å². The van der Waals surface area contributed by atoms with Gasteiger partial charge in [0.25, 0.3) is 0 Å². The van der Waals surface area contributed by atoms with Crippen LogP contribution < -0.4 is 10.6 Å². The first kappa shape index (κ1) is 19.5. The van der Waals surface area contributed by atoms with Gasteiger partial charge in [0.2, 0.25) is 5.91 Å². The number of rotatable bonds is 6. The summed E-state index contributed by atoms with van der Waals surface area (Å²) in [6, 6.07) is 12.9. The number of hydrogen-bond donors (Lipinski definition) is 3. The molecule has 2 amide bonds. The van der Waals surface area contributed by atoms with Gasteiger partial charge in [-0.3, -0.25) is 4.79 Å².